The van der Waals surface area contributed by atoms with E-state index in [9.17, 15) is 4.79 Å². The maximum absolute atomic E-state index is 12.4. The van der Waals surface area contributed by atoms with E-state index in [-0.39, 0.29) is 5.78 Å². The fraction of sp³-hybridized carbons (Fsp3) is 0.391. The zero-order chi connectivity index (χ0) is 19.8. The molecule has 1 aliphatic heterocycles. The molecule has 1 saturated heterocycles. The molecule has 0 amide bonds. The van der Waals surface area contributed by atoms with Gasteiger partial charge in [-0.15, -0.1) is 0 Å². The van der Waals surface area contributed by atoms with Gasteiger partial charge in [0.2, 0.25) is 0 Å². The zero-order valence-electron chi connectivity index (χ0n) is 16.3. The summed E-state index contributed by atoms with van der Waals surface area (Å²) in [7, 11) is 1.62. The van der Waals surface area contributed by atoms with Crippen molar-refractivity contribution < 1.29 is 14.3 Å². The van der Waals surface area contributed by atoms with E-state index in [4.69, 9.17) is 14.7 Å². The molecule has 0 atom stereocenters. The molecular formula is C23H26N2O3. The number of Topliss-reactive ketones (excluding diaryl/α,β-unsaturated/α-hetero) is 1. The van der Waals surface area contributed by atoms with Crippen molar-refractivity contribution in [1.82, 2.24) is 4.90 Å². The molecule has 0 N–H and O–H groups in total. The Morgan fingerprint density at radius 2 is 1.79 bits per heavy atom. The van der Waals surface area contributed by atoms with Gasteiger partial charge >= 0.3 is 0 Å². The van der Waals surface area contributed by atoms with Gasteiger partial charge < -0.3 is 9.47 Å². The Morgan fingerprint density at radius 3 is 2.39 bits per heavy atom. The van der Waals surface area contributed by atoms with Crippen LogP contribution in [0.2, 0.25) is 0 Å². The van der Waals surface area contributed by atoms with Crippen LogP contribution in [0.5, 0.6) is 5.75 Å². The van der Waals surface area contributed by atoms with Gasteiger partial charge in [0.1, 0.15) is 5.75 Å². The van der Waals surface area contributed by atoms with Gasteiger partial charge in [-0.25, -0.2) is 0 Å². The van der Waals surface area contributed by atoms with Crippen molar-refractivity contribution in [1.29, 1.82) is 5.26 Å². The van der Waals surface area contributed by atoms with Crippen LogP contribution in [0.25, 0.3) is 0 Å². The first kappa shape index (κ1) is 20.1. The highest BCUT2D eigenvalue weighted by Gasteiger charge is 2.21. The number of hydrogen-bond acceptors (Lipinski definition) is 5. The van der Waals surface area contributed by atoms with Gasteiger partial charge in [0, 0.05) is 12.2 Å². The van der Waals surface area contributed by atoms with E-state index in [0.717, 1.165) is 49.4 Å². The van der Waals surface area contributed by atoms with Gasteiger partial charge in [-0.3, -0.25) is 9.69 Å². The number of rotatable bonds is 8. The van der Waals surface area contributed by atoms with Crippen LogP contribution < -0.4 is 4.74 Å². The Morgan fingerprint density at radius 1 is 1.11 bits per heavy atom. The summed E-state index contributed by atoms with van der Waals surface area (Å²) in [4.78, 5) is 14.7. The van der Waals surface area contributed by atoms with Crippen molar-refractivity contribution >= 4 is 5.78 Å². The molecule has 0 bridgehead atoms. The number of methoxy groups -OCH3 is 1. The first-order valence-electron chi connectivity index (χ1n) is 9.64. The third-order valence-corrected chi connectivity index (χ3v) is 5.19. The second kappa shape index (κ2) is 10.0. The minimum absolute atomic E-state index is 0.151. The molecule has 1 fully saturated rings. The van der Waals surface area contributed by atoms with Gasteiger partial charge in [-0.05, 0) is 73.8 Å². The molecule has 3 rings (SSSR count). The summed E-state index contributed by atoms with van der Waals surface area (Å²) in [6.45, 7) is 3.62. The van der Waals surface area contributed by atoms with Gasteiger partial charge in [0.25, 0.3) is 0 Å². The molecule has 0 spiro atoms. The molecule has 5 nitrogen and oxygen atoms in total. The van der Waals surface area contributed by atoms with Crippen LogP contribution in [0.4, 0.5) is 0 Å². The van der Waals surface area contributed by atoms with Crippen LogP contribution in [0.15, 0.2) is 48.5 Å². The fourth-order valence-electron chi connectivity index (χ4n) is 3.40. The first-order valence-corrected chi connectivity index (χ1v) is 9.64. The molecule has 146 valence electrons. The van der Waals surface area contributed by atoms with Gasteiger partial charge in [-0.1, -0.05) is 12.1 Å². The predicted molar refractivity (Wildman–Crippen MR) is 107 cm³/mol. The number of likely N-dealkylation sites (tertiary alicyclic amines) is 1. The van der Waals surface area contributed by atoms with E-state index in [1.807, 2.05) is 48.5 Å². The number of piperidine rings is 1. The Labute approximate surface area is 166 Å². The number of carbonyl (C=O) groups is 1. The highest BCUT2D eigenvalue weighted by molar-refractivity contribution is 5.97. The number of benzene rings is 2. The topological polar surface area (TPSA) is 62.6 Å². The molecule has 2 aromatic rings. The smallest absolute Gasteiger partial charge is 0.176 e. The average Bonchev–Trinajstić information content (AvgIpc) is 2.75. The lowest BCUT2D eigenvalue weighted by Gasteiger charge is -2.31. The summed E-state index contributed by atoms with van der Waals surface area (Å²) in [6, 6.07) is 16.9. The van der Waals surface area contributed by atoms with Crippen LogP contribution in [0.1, 0.15) is 34.3 Å². The van der Waals surface area contributed by atoms with E-state index in [2.05, 4.69) is 11.0 Å². The quantitative estimate of drug-likeness (QED) is 0.656. The maximum atomic E-state index is 12.4. The first-order chi connectivity index (χ1) is 13.7. The van der Waals surface area contributed by atoms with Crippen molar-refractivity contribution in [2.24, 2.45) is 5.92 Å². The molecule has 0 aromatic heterocycles. The standard InChI is InChI=1S/C23H26N2O3/c1-27-22-8-6-21(7-9-22)23(26)15-25-12-10-20(11-13-25)17-28-16-19-4-2-18(14-24)3-5-19/h2-9,20H,10-13,15-17H2,1H3. The molecule has 5 heteroatoms. The number of ketones is 1. The third-order valence-electron chi connectivity index (χ3n) is 5.19. The van der Waals surface area contributed by atoms with Crippen LogP contribution in [-0.4, -0.2) is 44.0 Å². The zero-order valence-corrected chi connectivity index (χ0v) is 16.3. The lowest BCUT2D eigenvalue weighted by Crippen LogP contribution is -2.38. The molecule has 1 heterocycles. The maximum Gasteiger partial charge on any atom is 0.176 e. The lowest BCUT2D eigenvalue weighted by molar-refractivity contribution is 0.0559. The third kappa shape index (κ3) is 5.66. The molecule has 0 unspecified atom stereocenters. The van der Waals surface area contributed by atoms with Crippen LogP contribution in [-0.2, 0) is 11.3 Å². The lowest BCUT2D eigenvalue weighted by atomic mass is 9.97. The Kier molecular flexibility index (Phi) is 7.18. The van der Waals surface area contributed by atoms with Crippen molar-refractivity contribution in [2.75, 3.05) is 33.4 Å². The Hall–Kier alpha value is -2.68. The van der Waals surface area contributed by atoms with E-state index in [1.165, 1.54) is 0 Å². The number of nitriles is 1. The summed E-state index contributed by atoms with van der Waals surface area (Å²) < 4.78 is 11.0. The summed E-state index contributed by atoms with van der Waals surface area (Å²) in [6.07, 6.45) is 2.09. The molecule has 1 aliphatic rings. The van der Waals surface area contributed by atoms with E-state index in [0.29, 0.717) is 24.6 Å². The van der Waals surface area contributed by atoms with Gasteiger partial charge in [-0.2, -0.15) is 5.26 Å². The van der Waals surface area contributed by atoms with Crippen molar-refractivity contribution in [2.45, 2.75) is 19.4 Å². The normalized spacial score (nSPS) is 15.1. The minimum atomic E-state index is 0.151. The molecule has 2 aromatic carbocycles. The van der Waals surface area contributed by atoms with E-state index >= 15 is 0 Å². The van der Waals surface area contributed by atoms with Crippen LogP contribution in [0.3, 0.4) is 0 Å². The van der Waals surface area contributed by atoms with E-state index < -0.39 is 0 Å². The summed E-state index contributed by atoms with van der Waals surface area (Å²) in [5, 5.41) is 8.83. The molecule has 0 radical (unpaired) electrons. The van der Waals surface area contributed by atoms with Crippen molar-refractivity contribution in [3.8, 4) is 11.8 Å². The second-order valence-corrected chi connectivity index (χ2v) is 7.20. The number of nitrogens with zero attached hydrogens (tertiary/aromatic N) is 2. The number of ether oxygens (including phenoxy) is 2. The SMILES string of the molecule is COc1ccc(C(=O)CN2CCC(COCc3ccc(C#N)cc3)CC2)cc1. The summed E-state index contributed by atoms with van der Waals surface area (Å²) >= 11 is 0. The number of hydrogen-bond donors (Lipinski definition) is 0. The molecule has 0 aliphatic carbocycles. The molecule has 0 saturated carbocycles. The second-order valence-electron chi connectivity index (χ2n) is 7.20. The Bertz CT molecular complexity index is 801. The number of carbonyl (C=O) groups excluding carboxylic acids is 1. The van der Waals surface area contributed by atoms with Gasteiger partial charge in [0.05, 0.1) is 31.9 Å². The Balaban J connectivity index is 1.36. The van der Waals surface area contributed by atoms with Crippen molar-refractivity contribution in [3.63, 3.8) is 0 Å². The summed E-state index contributed by atoms with van der Waals surface area (Å²) in [5.41, 5.74) is 2.48. The van der Waals surface area contributed by atoms with Crippen LogP contribution in [0, 0.1) is 17.2 Å². The van der Waals surface area contributed by atoms with E-state index in [1.54, 1.807) is 7.11 Å². The summed E-state index contributed by atoms with van der Waals surface area (Å²) in [5.74, 6) is 1.45. The van der Waals surface area contributed by atoms with Crippen LogP contribution >= 0.6 is 0 Å². The predicted octanol–water partition coefficient (Wildman–Crippen LogP) is 3.68. The molecule has 28 heavy (non-hydrogen) atoms. The minimum Gasteiger partial charge on any atom is -0.497 e. The molecular weight excluding hydrogens is 352 g/mol. The monoisotopic (exact) mass is 378 g/mol. The average molecular weight is 378 g/mol. The van der Waals surface area contributed by atoms with Crippen molar-refractivity contribution in [3.05, 3.63) is 65.2 Å². The van der Waals surface area contributed by atoms with Gasteiger partial charge in [0.15, 0.2) is 5.78 Å². The highest BCUT2D eigenvalue weighted by Crippen LogP contribution is 2.19. The fourth-order valence-corrected chi connectivity index (χ4v) is 3.40. The largest absolute Gasteiger partial charge is 0.497 e. The highest BCUT2D eigenvalue weighted by atomic mass is 16.5.